The number of H-pyrrole nitrogens is 1. The highest BCUT2D eigenvalue weighted by Gasteiger charge is 2.11. The lowest BCUT2D eigenvalue weighted by Gasteiger charge is -2.04. The molecule has 1 aromatic heterocycles. The molecule has 2 N–H and O–H groups in total. The zero-order chi connectivity index (χ0) is 15.2. The van der Waals surface area contributed by atoms with Crippen LogP contribution in [0.1, 0.15) is 43.0 Å². The molecule has 0 aliphatic rings. The molecule has 0 aliphatic carbocycles. The highest BCUT2D eigenvalue weighted by molar-refractivity contribution is 6.00. The van der Waals surface area contributed by atoms with Gasteiger partial charge in [0.1, 0.15) is 0 Å². The van der Waals surface area contributed by atoms with Crippen molar-refractivity contribution < 1.29 is 14.0 Å². The molecule has 0 bridgehead atoms. The number of carbonyl (C=O) groups excluding carboxylic acids is 2. The summed E-state index contributed by atoms with van der Waals surface area (Å²) < 4.78 is 4.91. The Kier molecular flexibility index (Phi) is 4.92. The van der Waals surface area contributed by atoms with E-state index in [0.29, 0.717) is 23.2 Å². The van der Waals surface area contributed by atoms with Gasteiger partial charge in [-0.1, -0.05) is 13.3 Å². The molecule has 21 heavy (non-hydrogen) atoms. The summed E-state index contributed by atoms with van der Waals surface area (Å²) in [6.45, 7) is 2.69. The van der Waals surface area contributed by atoms with Crippen molar-refractivity contribution in [2.24, 2.45) is 0 Å². The fraction of sp³-hybridized carbons (Fsp3) is 0.400. The second-order valence-electron chi connectivity index (χ2n) is 4.85. The fourth-order valence-electron chi connectivity index (χ4n) is 1.98. The van der Waals surface area contributed by atoms with Crippen molar-refractivity contribution in [2.45, 2.75) is 32.6 Å². The number of oxazole rings is 1. The Morgan fingerprint density at radius 2 is 2.10 bits per heavy atom. The number of hydrogen-bond acceptors (Lipinski definition) is 4. The number of hydrogen-bond donors (Lipinski definition) is 2. The number of aromatic amines is 1. The van der Waals surface area contributed by atoms with Gasteiger partial charge in [0.15, 0.2) is 11.4 Å². The normalized spacial score (nSPS) is 10.7. The first-order valence-electron chi connectivity index (χ1n) is 7.03. The van der Waals surface area contributed by atoms with Crippen LogP contribution in [-0.4, -0.2) is 23.2 Å². The second kappa shape index (κ2) is 6.88. The van der Waals surface area contributed by atoms with Crippen molar-refractivity contribution in [1.29, 1.82) is 0 Å². The number of amides is 1. The average Bonchev–Trinajstić information content (AvgIpc) is 2.84. The van der Waals surface area contributed by atoms with Gasteiger partial charge in [0.25, 0.3) is 0 Å². The van der Waals surface area contributed by atoms with E-state index in [9.17, 15) is 14.4 Å². The molecular formula is C15H18N2O4. The average molecular weight is 290 g/mol. The maximum absolute atomic E-state index is 12.0. The van der Waals surface area contributed by atoms with Crippen molar-refractivity contribution in [2.75, 3.05) is 6.54 Å². The molecule has 0 saturated heterocycles. The van der Waals surface area contributed by atoms with Crippen molar-refractivity contribution in [3.05, 3.63) is 34.3 Å². The van der Waals surface area contributed by atoms with Crippen LogP contribution in [0, 0.1) is 0 Å². The van der Waals surface area contributed by atoms with Crippen LogP contribution in [0.2, 0.25) is 0 Å². The molecule has 1 heterocycles. The number of Topliss-reactive ketones (excluding diaryl/α,β-unsaturated/α-hetero) is 1. The summed E-state index contributed by atoms with van der Waals surface area (Å²) in [6.07, 6.45) is 2.25. The van der Waals surface area contributed by atoms with Gasteiger partial charge in [0, 0.05) is 24.9 Å². The minimum atomic E-state index is -0.551. The van der Waals surface area contributed by atoms with E-state index in [0.717, 1.165) is 12.8 Å². The summed E-state index contributed by atoms with van der Waals surface area (Å²) in [7, 11) is 0. The Balaban J connectivity index is 1.92. The summed E-state index contributed by atoms with van der Waals surface area (Å²) in [4.78, 5) is 37.1. The molecule has 0 saturated carbocycles. The Morgan fingerprint density at radius 3 is 2.86 bits per heavy atom. The molecule has 0 spiro atoms. The van der Waals surface area contributed by atoms with E-state index in [1.807, 2.05) is 6.92 Å². The monoisotopic (exact) mass is 290 g/mol. The van der Waals surface area contributed by atoms with Gasteiger partial charge in [-0.05, 0) is 24.6 Å². The third kappa shape index (κ3) is 4.05. The summed E-state index contributed by atoms with van der Waals surface area (Å²) in [5.41, 5.74) is 1.33. The summed E-state index contributed by atoms with van der Waals surface area (Å²) in [5.74, 6) is -0.817. The van der Waals surface area contributed by atoms with Crippen molar-refractivity contribution in [1.82, 2.24) is 10.3 Å². The van der Waals surface area contributed by atoms with Gasteiger partial charge in [-0.2, -0.15) is 0 Å². The largest absolute Gasteiger partial charge is 0.417 e. The number of fused-ring (bicyclic) bond motifs is 1. The molecule has 2 aromatic rings. The van der Waals surface area contributed by atoms with Gasteiger partial charge in [0.2, 0.25) is 5.91 Å². The zero-order valence-corrected chi connectivity index (χ0v) is 11.9. The quantitative estimate of drug-likeness (QED) is 0.602. The molecule has 1 amide bonds. The van der Waals surface area contributed by atoms with Gasteiger partial charge >= 0.3 is 5.76 Å². The van der Waals surface area contributed by atoms with Gasteiger partial charge < -0.3 is 9.73 Å². The minimum absolute atomic E-state index is 0.119. The molecule has 0 atom stereocenters. The number of rotatable bonds is 7. The predicted octanol–water partition coefficient (Wildman–Crippen LogP) is 2.00. The maximum atomic E-state index is 12.0. The summed E-state index contributed by atoms with van der Waals surface area (Å²) >= 11 is 0. The highest BCUT2D eigenvalue weighted by Crippen LogP contribution is 2.14. The van der Waals surface area contributed by atoms with E-state index in [-0.39, 0.29) is 24.5 Å². The number of aromatic nitrogens is 1. The number of nitrogens with one attached hydrogen (secondary N) is 2. The molecule has 0 fully saturated rings. The molecule has 0 unspecified atom stereocenters. The highest BCUT2D eigenvalue weighted by atomic mass is 16.4. The molecule has 6 nitrogen and oxygen atoms in total. The second-order valence-corrected chi connectivity index (χ2v) is 4.85. The first-order valence-corrected chi connectivity index (χ1v) is 7.03. The van der Waals surface area contributed by atoms with E-state index >= 15 is 0 Å². The van der Waals surface area contributed by atoms with E-state index in [4.69, 9.17) is 4.42 Å². The van der Waals surface area contributed by atoms with E-state index < -0.39 is 5.76 Å². The van der Waals surface area contributed by atoms with Crippen molar-refractivity contribution in [3.8, 4) is 0 Å². The van der Waals surface area contributed by atoms with Gasteiger partial charge in [-0.15, -0.1) is 0 Å². The molecule has 1 aromatic carbocycles. The minimum Gasteiger partial charge on any atom is -0.408 e. The number of ketones is 1. The predicted molar refractivity (Wildman–Crippen MR) is 78.3 cm³/mol. The molecule has 0 radical (unpaired) electrons. The Morgan fingerprint density at radius 1 is 1.29 bits per heavy atom. The molecule has 112 valence electrons. The van der Waals surface area contributed by atoms with Gasteiger partial charge in [-0.3, -0.25) is 14.6 Å². The number of benzene rings is 1. The molecule has 2 rings (SSSR count). The van der Waals surface area contributed by atoms with E-state index in [1.54, 1.807) is 12.1 Å². The summed E-state index contributed by atoms with van der Waals surface area (Å²) in [5, 5.41) is 2.77. The third-order valence-electron chi connectivity index (χ3n) is 3.17. The van der Waals surface area contributed by atoms with Crippen LogP contribution in [0.25, 0.3) is 11.1 Å². The van der Waals surface area contributed by atoms with Gasteiger partial charge in [-0.25, -0.2) is 4.79 Å². The van der Waals surface area contributed by atoms with Crippen LogP contribution < -0.4 is 11.1 Å². The van der Waals surface area contributed by atoms with Crippen LogP contribution in [0.5, 0.6) is 0 Å². The lowest BCUT2D eigenvalue weighted by atomic mass is 10.1. The molecule has 6 heteroatoms. The first kappa shape index (κ1) is 15.0. The Bertz CT molecular complexity index is 699. The SMILES string of the molecule is CCCCNC(=O)CCC(=O)c1ccc2[nH]c(=O)oc2c1. The lowest BCUT2D eigenvalue weighted by Crippen LogP contribution is -2.24. The molecular weight excluding hydrogens is 272 g/mol. The van der Waals surface area contributed by atoms with Crippen LogP contribution in [0.3, 0.4) is 0 Å². The van der Waals surface area contributed by atoms with E-state index in [1.165, 1.54) is 6.07 Å². The van der Waals surface area contributed by atoms with Gasteiger partial charge in [0.05, 0.1) is 5.52 Å². The first-order chi connectivity index (χ1) is 10.1. The number of carbonyl (C=O) groups is 2. The Hall–Kier alpha value is -2.37. The molecule has 0 aliphatic heterocycles. The zero-order valence-electron chi connectivity index (χ0n) is 11.9. The maximum Gasteiger partial charge on any atom is 0.417 e. The van der Waals surface area contributed by atoms with Crippen LogP contribution in [-0.2, 0) is 4.79 Å². The summed E-state index contributed by atoms with van der Waals surface area (Å²) in [6, 6.07) is 4.75. The van der Waals surface area contributed by atoms with E-state index in [2.05, 4.69) is 10.3 Å². The smallest absolute Gasteiger partial charge is 0.408 e. The van der Waals surface area contributed by atoms with Crippen LogP contribution in [0.4, 0.5) is 0 Å². The third-order valence-corrected chi connectivity index (χ3v) is 3.17. The topological polar surface area (TPSA) is 92.2 Å². The van der Waals surface area contributed by atoms with Crippen LogP contribution >= 0.6 is 0 Å². The Labute approximate surface area is 121 Å². The fourth-order valence-corrected chi connectivity index (χ4v) is 1.98. The van der Waals surface area contributed by atoms with Crippen LogP contribution in [0.15, 0.2) is 27.4 Å². The van der Waals surface area contributed by atoms with Crippen molar-refractivity contribution in [3.63, 3.8) is 0 Å². The number of unbranched alkanes of at least 4 members (excludes halogenated alkanes) is 1. The lowest BCUT2D eigenvalue weighted by molar-refractivity contribution is -0.121. The van der Waals surface area contributed by atoms with Crippen molar-refractivity contribution >= 4 is 22.8 Å². The standard InChI is InChI=1S/C15H18N2O4/c1-2-3-8-16-14(19)7-6-12(18)10-4-5-11-13(9-10)21-15(20)17-11/h4-5,9H,2-3,6-8H2,1H3,(H,16,19)(H,17,20).